The number of benzene rings is 1. The molecule has 3 nitrogen and oxygen atoms in total. The summed E-state index contributed by atoms with van der Waals surface area (Å²) in [5.41, 5.74) is 4.35. The van der Waals surface area contributed by atoms with Crippen molar-refractivity contribution in [1.29, 1.82) is 0 Å². The van der Waals surface area contributed by atoms with E-state index < -0.39 is 0 Å². The summed E-state index contributed by atoms with van der Waals surface area (Å²) in [7, 11) is 1.76. The summed E-state index contributed by atoms with van der Waals surface area (Å²) in [4.78, 5) is 6.68. The molecular formula is C22H32N2O. The van der Waals surface area contributed by atoms with Crippen LogP contribution in [0.2, 0.25) is 0 Å². The lowest BCUT2D eigenvalue weighted by atomic mass is 9.54. The second kappa shape index (κ2) is 5.51. The summed E-state index contributed by atoms with van der Waals surface area (Å²) in [6.07, 6.45) is 3.86. The molecule has 2 fully saturated rings. The number of hydrogen-bond donors (Lipinski definition) is 1. The zero-order valence-corrected chi connectivity index (χ0v) is 15.9. The van der Waals surface area contributed by atoms with E-state index in [2.05, 4.69) is 48.9 Å². The lowest BCUT2D eigenvalue weighted by molar-refractivity contribution is -0.114. The number of aromatic nitrogens is 1. The Hall–Kier alpha value is -1.48. The molecule has 3 aliphatic rings. The number of ether oxygens (including phenoxy) is 1. The van der Waals surface area contributed by atoms with Crippen molar-refractivity contribution in [2.45, 2.75) is 58.0 Å². The van der Waals surface area contributed by atoms with E-state index in [9.17, 15) is 0 Å². The minimum absolute atomic E-state index is 0. The van der Waals surface area contributed by atoms with Crippen molar-refractivity contribution in [2.24, 2.45) is 17.8 Å². The van der Waals surface area contributed by atoms with Gasteiger partial charge in [-0.3, -0.25) is 4.90 Å². The molecule has 3 heteroatoms. The van der Waals surface area contributed by atoms with E-state index in [1.807, 2.05) is 0 Å². The van der Waals surface area contributed by atoms with E-state index in [1.54, 1.807) is 12.7 Å². The van der Waals surface area contributed by atoms with Crippen LogP contribution in [0, 0.1) is 17.8 Å². The lowest BCUT2D eigenvalue weighted by Crippen LogP contribution is -2.65. The Labute approximate surface area is 152 Å². The normalized spacial score (nSPS) is 39.3. The first-order chi connectivity index (χ1) is 12.1. The Bertz CT molecular complexity index is 816. The fraction of sp³-hybridized carbons (Fsp3) is 0.636. The predicted octanol–water partition coefficient (Wildman–Crippen LogP) is 4.82. The van der Waals surface area contributed by atoms with E-state index in [4.69, 9.17) is 4.74 Å². The van der Waals surface area contributed by atoms with Gasteiger partial charge in [-0.2, -0.15) is 0 Å². The van der Waals surface area contributed by atoms with Gasteiger partial charge in [0.1, 0.15) is 5.75 Å². The van der Waals surface area contributed by atoms with Crippen LogP contribution >= 0.6 is 0 Å². The fourth-order valence-electron chi connectivity index (χ4n) is 6.48. The van der Waals surface area contributed by atoms with E-state index in [0.717, 1.165) is 36.0 Å². The third-order valence-electron chi connectivity index (χ3n) is 7.85. The van der Waals surface area contributed by atoms with Gasteiger partial charge in [-0.05, 0) is 61.3 Å². The maximum Gasteiger partial charge on any atom is 0.119 e. The molecule has 3 heterocycles. The molecule has 1 aliphatic carbocycles. The monoisotopic (exact) mass is 340 g/mol. The number of H-pyrrole nitrogens is 1. The number of nitrogens with zero attached hydrogens (tertiary/aromatic N) is 1. The summed E-state index contributed by atoms with van der Waals surface area (Å²) in [6.45, 7) is 8.56. The summed E-state index contributed by atoms with van der Waals surface area (Å²) < 4.78 is 5.48. The first-order valence-corrected chi connectivity index (χ1v) is 10.1. The van der Waals surface area contributed by atoms with Gasteiger partial charge in [-0.25, -0.2) is 0 Å². The lowest BCUT2D eigenvalue weighted by Gasteiger charge is -2.61. The number of nitrogens with one attached hydrogen (secondary N) is 1. The molecule has 6 unspecified atom stereocenters. The van der Waals surface area contributed by atoms with Gasteiger partial charge in [0, 0.05) is 42.6 Å². The minimum Gasteiger partial charge on any atom is -0.497 e. The zero-order valence-electron chi connectivity index (χ0n) is 15.9. The molecule has 1 aromatic carbocycles. The molecule has 136 valence electrons. The van der Waals surface area contributed by atoms with Crippen molar-refractivity contribution in [1.82, 2.24) is 9.88 Å². The molecule has 0 radical (unpaired) electrons. The maximum atomic E-state index is 5.48. The van der Waals surface area contributed by atoms with Crippen LogP contribution in [0.4, 0.5) is 0 Å². The first kappa shape index (κ1) is 15.7. The third kappa shape index (κ3) is 2.02. The zero-order chi connectivity index (χ0) is 17.3. The van der Waals surface area contributed by atoms with Crippen molar-refractivity contribution in [3.8, 4) is 5.75 Å². The number of aromatic amines is 1. The Morgan fingerprint density at radius 2 is 2.16 bits per heavy atom. The fourth-order valence-corrected chi connectivity index (χ4v) is 6.48. The number of fused-ring (bicyclic) bond motifs is 8. The third-order valence-corrected chi connectivity index (χ3v) is 7.85. The van der Waals surface area contributed by atoms with E-state index in [1.165, 1.54) is 36.0 Å². The SMILES string of the molecule is CCC1C(C)[C@H]2CC3c4[nH]c5ccc(OC)cc5c4CCN(C3C)C12.[HH]. The standard InChI is InChI=1S/C22H30N2O.H2/c1-5-15-12(2)17-11-18-13(3)24(22(15)17)9-8-16-19-10-14(25-4)6-7-20(19)23-21(16)18;/h6-7,10,12-13,15,17-18,22-23H,5,8-9,11H2,1-4H3;1H/t12?,13?,15?,17-,18?,22?;/m1./s1. The van der Waals surface area contributed by atoms with Gasteiger partial charge in [0.05, 0.1) is 7.11 Å². The number of rotatable bonds is 2. The highest BCUT2D eigenvalue weighted by atomic mass is 16.5. The summed E-state index contributed by atoms with van der Waals surface area (Å²) in [5, 5.41) is 1.38. The molecule has 2 bridgehead atoms. The van der Waals surface area contributed by atoms with Crippen LogP contribution in [-0.2, 0) is 6.42 Å². The molecule has 1 saturated carbocycles. The molecule has 0 spiro atoms. The van der Waals surface area contributed by atoms with E-state index in [0.29, 0.717) is 12.0 Å². The van der Waals surface area contributed by atoms with Crippen LogP contribution in [0.5, 0.6) is 5.75 Å². The molecule has 2 aromatic rings. The summed E-state index contributed by atoms with van der Waals surface area (Å²) >= 11 is 0. The van der Waals surface area contributed by atoms with Crippen molar-refractivity contribution in [3.63, 3.8) is 0 Å². The van der Waals surface area contributed by atoms with Crippen molar-refractivity contribution >= 4 is 10.9 Å². The predicted molar refractivity (Wildman–Crippen MR) is 104 cm³/mol. The highest BCUT2D eigenvalue weighted by molar-refractivity contribution is 5.86. The van der Waals surface area contributed by atoms with Gasteiger partial charge in [0.15, 0.2) is 0 Å². The van der Waals surface area contributed by atoms with Crippen LogP contribution in [0.3, 0.4) is 0 Å². The Morgan fingerprint density at radius 3 is 2.92 bits per heavy atom. The van der Waals surface area contributed by atoms with Gasteiger partial charge >= 0.3 is 0 Å². The molecule has 1 saturated heterocycles. The number of piperidine rings is 1. The van der Waals surface area contributed by atoms with Gasteiger partial charge in [0.2, 0.25) is 0 Å². The maximum absolute atomic E-state index is 5.48. The van der Waals surface area contributed by atoms with E-state index >= 15 is 0 Å². The Morgan fingerprint density at radius 1 is 1.32 bits per heavy atom. The average molecular weight is 341 g/mol. The molecule has 2 aliphatic heterocycles. The quantitative estimate of drug-likeness (QED) is 0.849. The Balaban J connectivity index is 0.00000168. The topological polar surface area (TPSA) is 28.3 Å². The van der Waals surface area contributed by atoms with E-state index in [-0.39, 0.29) is 1.43 Å². The Kier molecular flexibility index (Phi) is 3.47. The van der Waals surface area contributed by atoms with Crippen molar-refractivity contribution < 1.29 is 6.16 Å². The minimum atomic E-state index is 0. The first-order valence-electron chi connectivity index (χ1n) is 10.1. The van der Waals surface area contributed by atoms with Gasteiger partial charge in [-0.15, -0.1) is 0 Å². The highest BCUT2D eigenvalue weighted by Crippen LogP contribution is 2.56. The van der Waals surface area contributed by atoms with Crippen LogP contribution < -0.4 is 4.74 Å². The molecule has 1 N–H and O–H groups in total. The molecular weight excluding hydrogens is 308 g/mol. The summed E-state index contributed by atoms with van der Waals surface area (Å²) in [6, 6.07) is 7.97. The van der Waals surface area contributed by atoms with Crippen molar-refractivity contribution in [3.05, 3.63) is 29.5 Å². The van der Waals surface area contributed by atoms with Crippen LogP contribution in [0.15, 0.2) is 18.2 Å². The number of methoxy groups -OCH3 is 1. The van der Waals surface area contributed by atoms with Gasteiger partial charge in [-0.1, -0.05) is 20.3 Å². The van der Waals surface area contributed by atoms with Crippen LogP contribution in [-0.4, -0.2) is 35.6 Å². The summed E-state index contributed by atoms with van der Waals surface area (Å²) in [5.74, 6) is 4.30. The highest BCUT2D eigenvalue weighted by Gasteiger charge is 2.55. The van der Waals surface area contributed by atoms with Crippen LogP contribution in [0.1, 0.15) is 52.2 Å². The smallest absolute Gasteiger partial charge is 0.119 e. The molecule has 5 rings (SSSR count). The molecule has 0 amide bonds. The van der Waals surface area contributed by atoms with Gasteiger partial charge in [0.25, 0.3) is 0 Å². The molecule has 7 atom stereocenters. The average Bonchev–Trinajstić information content (AvgIpc) is 2.94. The van der Waals surface area contributed by atoms with Crippen molar-refractivity contribution in [2.75, 3.05) is 13.7 Å². The van der Waals surface area contributed by atoms with Crippen LogP contribution in [0.25, 0.3) is 10.9 Å². The largest absolute Gasteiger partial charge is 0.497 e. The number of hydrogen-bond acceptors (Lipinski definition) is 2. The second-order valence-corrected chi connectivity index (χ2v) is 8.59. The molecule has 1 aromatic heterocycles. The second-order valence-electron chi connectivity index (χ2n) is 8.59. The molecule has 25 heavy (non-hydrogen) atoms. The van der Waals surface area contributed by atoms with Gasteiger partial charge < -0.3 is 9.72 Å².